The number of carbonyl (C=O) groups excluding carboxylic acids is 2. The van der Waals surface area contributed by atoms with E-state index in [0.717, 1.165) is 12.8 Å². The third-order valence-corrected chi connectivity index (χ3v) is 3.34. The molecule has 0 atom stereocenters. The molecular weight excluding hydrogens is 234 g/mol. The molecule has 1 aliphatic rings. The Labute approximate surface area is 108 Å². The maximum Gasteiger partial charge on any atom is 0.324 e. The molecule has 1 rings (SSSR count). The first kappa shape index (κ1) is 14.9. The van der Waals surface area contributed by atoms with Crippen LogP contribution in [-0.4, -0.2) is 65.7 Å². The van der Waals surface area contributed by atoms with E-state index >= 15 is 0 Å². The number of rotatable bonds is 7. The fraction of sp³-hybridized carbons (Fsp3) is 0.833. The highest BCUT2D eigenvalue weighted by atomic mass is 16.3. The monoisotopic (exact) mass is 257 g/mol. The van der Waals surface area contributed by atoms with Gasteiger partial charge < -0.3 is 10.4 Å². The van der Waals surface area contributed by atoms with Crippen molar-refractivity contribution >= 4 is 11.9 Å². The zero-order valence-corrected chi connectivity index (χ0v) is 11.2. The van der Waals surface area contributed by atoms with Crippen molar-refractivity contribution in [1.82, 2.24) is 15.1 Å². The molecule has 18 heavy (non-hydrogen) atoms. The lowest BCUT2D eigenvalue weighted by Crippen LogP contribution is -2.46. The van der Waals surface area contributed by atoms with Crippen molar-refractivity contribution in [2.24, 2.45) is 0 Å². The van der Waals surface area contributed by atoms with Gasteiger partial charge in [0.2, 0.25) is 5.91 Å². The second-order valence-corrected chi connectivity index (χ2v) is 4.44. The van der Waals surface area contributed by atoms with Crippen molar-refractivity contribution in [2.45, 2.75) is 32.7 Å². The van der Waals surface area contributed by atoms with Gasteiger partial charge in [-0.05, 0) is 12.8 Å². The van der Waals surface area contributed by atoms with E-state index in [-0.39, 0.29) is 31.1 Å². The van der Waals surface area contributed by atoms with Gasteiger partial charge in [-0.1, -0.05) is 13.8 Å². The van der Waals surface area contributed by atoms with Crippen LogP contribution >= 0.6 is 0 Å². The fourth-order valence-electron chi connectivity index (χ4n) is 2.29. The molecule has 3 amide bonds. The maximum absolute atomic E-state index is 12.0. The van der Waals surface area contributed by atoms with Crippen LogP contribution in [0.5, 0.6) is 0 Å². The van der Waals surface area contributed by atoms with E-state index in [1.54, 1.807) is 0 Å². The summed E-state index contributed by atoms with van der Waals surface area (Å²) in [6.07, 6.45) is 1.85. The number of urea groups is 1. The van der Waals surface area contributed by atoms with E-state index in [0.29, 0.717) is 19.6 Å². The van der Waals surface area contributed by atoms with E-state index in [1.807, 2.05) is 4.90 Å². The average Bonchev–Trinajstić information content (AvgIpc) is 2.77. The van der Waals surface area contributed by atoms with Crippen molar-refractivity contribution in [3.05, 3.63) is 0 Å². The van der Waals surface area contributed by atoms with Crippen LogP contribution < -0.4 is 5.32 Å². The Balaban J connectivity index is 2.59. The Kier molecular flexibility index (Phi) is 6.07. The summed E-state index contributed by atoms with van der Waals surface area (Å²) in [7, 11) is 0. The fourth-order valence-corrected chi connectivity index (χ4v) is 2.29. The molecule has 0 aromatic rings. The average molecular weight is 257 g/mol. The van der Waals surface area contributed by atoms with E-state index in [9.17, 15) is 9.59 Å². The predicted octanol–water partition coefficient (Wildman–Crippen LogP) is 0.0211. The molecule has 1 fully saturated rings. The van der Waals surface area contributed by atoms with Gasteiger partial charge in [0, 0.05) is 25.7 Å². The SMILES string of the molecule is CCC(CC)N(CCO)CC(=O)N1CCNC1=O. The van der Waals surface area contributed by atoms with Gasteiger partial charge in [-0.3, -0.25) is 14.6 Å². The summed E-state index contributed by atoms with van der Waals surface area (Å²) in [6.45, 7) is 5.77. The Morgan fingerprint density at radius 3 is 2.61 bits per heavy atom. The van der Waals surface area contributed by atoms with Crippen LogP contribution in [0, 0.1) is 0 Å². The molecule has 0 bridgehead atoms. The van der Waals surface area contributed by atoms with Crippen LogP contribution in [0.4, 0.5) is 4.79 Å². The Morgan fingerprint density at radius 2 is 2.17 bits per heavy atom. The molecule has 1 saturated heterocycles. The minimum atomic E-state index is -0.312. The second kappa shape index (κ2) is 7.33. The third-order valence-electron chi connectivity index (χ3n) is 3.34. The van der Waals surface area contributed by atoms with Crippen molar-refractivity contribution < 1.29 is 14.7 Å². The normalized spacial score (nSPS) is 15.6. The first-order valence-electron chi connectivity index (χ1n) is 6.57. The number of aliphatic hydroxyl groups is 1. The minimum Gasteiger partial charge on any atom is -0.395 e. The van der Waals surface area contributed by atoms with Gasteiger partial charge in [0.1, 0.15) is 0 Å². The molecule has 0 radical (unpaired) electrons. The number of imide groups is 1. The Hall–Kier alpha value is -1.14. The molecule has 0 unspecified atom stereocenters. The first-order valence-corrected chi connectivity index (χ1v) is 6.57. The molecule has 2 N–H and O–H groups in total. The number of hydrogen-bond donors (Lipinski definition) is 2. The quantitative estimate of drug-likeness (QED) is 0.674. The molecule has 0 spiro atoms. The zero-order valence-electron chi connectivity index (χ0n) is 11.2. The van der Waals surface area contributed by atoms with E-state index < -0.39 is 0 Å². The molecule has 104 valence electrons. The van der Waals surface area contributed by atoms with Gasteiger partial charge in [-0.25, -0.2) is 4.79 Å². The summed E-state index contributed by atoms with van der Waals surface area (Å²) in [4.78, 5) is 26.6. The highest BCUT2D eigenvalue weighted by Crippen LogP contribution is 2.09. The van der Waals surface area contributed by atoms with Gasteiger partial charge in [-0.2, -0.15) is 0 Å². The number of hydrogen-bond acceptors (Lipinski definition) is 4. The van der Waals surface area contributed by atoms with Crippen molar-refractivity contribution in [3.8, 4) is 0 Å². The molecular formula is C12H23N3O3. The lowest BCUT2D eigenvalue weighted by Gasteiger charge is -2.30. The Morgan fingerprint density at radius 1 is 1.50 bits per heavy atom. The number of nitrogens with zero attached hydrogens (tertiary/aromatic N) is 2. The summed E-state index contributed by atoms with van der Waals surface area (Å²) in [5.74, 6) is -0.189. The smallest absolute Gasteiger partial charge is 0.324 e. The third kappa shape index (κ3) is 3.68. The number of nitrogens with one attached hydrogen (secondary N) is 1. The summed E-state index contributed by atoms with van der Waals surface area (Å²) < 4.78 is 0. The first-order chi connectivity index (χ1) is 8.63. The topological polar surface area (TPSA) is 72.9 Å². The summed E-state index contributed by atoms with van der Waals surface area (Å²) in [6, 6.07) is -0.0414. The molecule has 1 heterocycles. The molecule has 0 saturated carbocycles. The van der Waals surface area contributed by atoms with Crippen LogP contribution in [0.15, 0.2) is 0 Å². The lowest BCUT2D eigenvalue weighted by atomic mass is 10.1. The van der Waals surface area contributed by atoms with E-state index in [1.165, 1.54) is 4.90 Å². The van der Waals surface area contributed by atoms with Crippen LogP contribution in [0.25, 0.3) is 0 Å². The minimum absolute atomic E-state index is 0.0238. The van der Waals surface area contributed by atoms with Crippen LogP contribution in [0.2, 0.25) is 0 Å². The predicted molar refractivity (Wildman–Crippen MR) is 68.1 cm³/mol. The molecule has 0 aromatic carbocycles. The number of aliphatic hydroxyl groups excluding tert-OH is 1. The van der Waals surface area contributed by atoms with Crippen molar-refractivity contribution in [2.75, 3.05) is 32.8 Å². The van der Waals surface area contributed by atoms with E-state index in [4.69, 9.17) is 5.11 Å². The van der Waals surface area contributed by atoms with Gasteiger partial charge >= 0.3 is 6.03 Å². The van der Waals surface area contributed by atoms with Crippen molar-refractivity contribution in [3.63, 3.8) is 0 Å². The standard InChI is InChI=1S/C12H23N3O3/c1-3-10(4-2)14(7-8-16)9-11(17)15-6-5-13-12(15)18/h10,16H,3-9H2,1-2H3,(H,13,18). The highest BCUT2D eigenvalue weighted by Gasteiger charge is 2.28. The van der Waals surface area contributed by atoms with Crippen LogP contribution in [0.1, 0.15) is 26.7 Å². The zero-order chi connectivity index (χ0) is 13.5. The second-order valence-electron chi connectivity index (χ2n) is 4.44. The molecule has 6 heteroatoms. The highest BCUT2D eigenvalue weighted by molar-refractivity contribution is 5.96. The van der Waals surface area contributed by atoms with E-state index in [2.05, 4.69) is 19.2 Å². The van der Waals surface area contributed by atoms with Crippen LogP contribution in [-0.2, 0) is 4.79 Å². The summed E-state index contributed by atoms with van der Waals surface area (Å²) in [5, 5.41) is 11.7. The van der Waals surface area contributed by atoms with Gasteiger partial charge in [-0.15, -0.1) is 0 Å². The maximum atomic E-state index is 12.0. The lowest BCUT2D eigenvalue weighted by molar-refractivity contribution is -0.129. The summed E-state index contributed by atoms with van der Waals surface area (Å²) >= 11 is 0. The van der Waals surface area contributed by atoms with Crippen molar-refractivity contribution in [1.29, 1.82) is 0 Å². The largest absolute Gasteiger partial charge is 0.395 e. The van der Waals surface area contributed by atoms with Crippen LogP contribution in [0.3, 0.4) is 0 Å². The number of amides is 3. The molecule has 0 aliphatic carbocycles. The van der Waals surface area contributed by atoms with Gasteiger partial charge in [0.15, 0.2) is 0 Å². The number of carbonyl (C=O) groups is 2. The molecule has 1 aliphatic heterocycles. The van der Waals surface area contributed by atoms with Gasteiger partial charge in [0.05, 0.1) is 13.2 Å². The molecule has 0 aromatic heterocycles. The Bertz CT molecular complexity index is 292. The van der Waals surface area contributed by atoms with Gasteiger partial charge in [0.25, 0.3) is 0 Å². The summed E-state index contributed by atoms with van der Waals surface area (Å²) in [5.41, 5.74) is 0. The molecule has 6 nitrogen and oxygen atoms in total.